The number of nitrogens with one attached hydrogen (secondary N) is 1. The second-order valence-corrected chi connectivity index (χ2v) is 4.14. The summed E-state index contributed by atoms with van der Waals surface area (Å²) < 4.78 is 4.34. The van der Waals surface area contributed by atoms with Gasteiger partial charge in [-0.2, -0.15) is 0 Å². The fourth-order valence-corrected chi connectivity index (χ4v) is 1.91. The number of aromatic amines is 1. The first-order valence-electron chi connectivity index (χ1n) is 5.65. The number of aliphatic hydroxyl groups is 2. The normalized spacial score (nSPS) is 13.9. The third-order valence-electron chi connectivity index (χ3n) is 2.97. The van der Waals surface area contributed by atoms with Crippen LogP contribution < -0.4 is 0 Å². The zero-order chi connectivity index (χ0) is 14.9. The summed E-state index contributed by atoms with van der Waals surface area (Å²) >= 11 is 0. The number of H-pyrrole nitrogens is 1. The molecule has 0 spiro atoms. The van der Waals surface area contributed by atoms with Crippen molar-refractivity contribution in [3.63, 3.8) is 0 Å². The van der Waals surface area contributed by atoms with Gasteiger partial charge in [-0.1, -0.05) is 0 Å². The zero-order valence-electron chi connectivity index (χ0n) is 10.4. The minimum Gasteiger partial charge on any atom is -0.467 e. The summed E-state index contributed by atoms with van der Waals surface area (Å²) in [4.78, 5) is 24.2. The largest absolute Gasteiger partial charge is 0.467 e. The molecular formula is C12H12N2O6. The number of aromatic nitrogens is 1. The van der Waals surface area contributed by atoms with Crippen molar-refractivity contribution in [2.24, 2.45) is 0 Å². The van der Waals surface area contributed by atoms with E-state index in [9.17, 15) is 25.1 Å². The van der Waals surface area contributed by atoms with Gasteiger partial charge in [-0.15, -0.1) is 0 Å². The van der Waals surface area contributed by atoms with Crippen LogP contribution in [0.2, 0.25) is 0 Å². The molecule has 8 nitrogen and oxygen atoms in total. The van der Waals surface area contributed by atoms with E-state index in [2.05, 4.69) is 9.72 Å². The number of non-ortho nitro benzene ring substituents is 1. The van der Waals surface area contributed by atoms with Gasteiger partial charge in [-0.25, -0.2) is 4.79 Å². The molecule has 1 heterocycles. The number of benzene rings is 1. The second-order valence-electron chi connectivity index (χ2n) is 4.14. The van der Waals surface area contributed by atoms with Crippen LogP contribution in [-0.2, 0) is 9.53 Å². The second kappa shape index (κ2) is 5.27. The Morgan fingerprint density at radius 1 is 1.45 bits per heavy atom. The lowest BCUT2D eigenvalue weighted by molar-refractivity contribution is -0.384. The maximum Gasteiger partial charge on any atom is 0.337 e. The number of fused-ring (bicyclic) bond motifs is 1. The molecule has 20 heavy (non-hydrogen) atoms. The van der Waals surface area contributed by atoms with E-state index >= 15 is 0 Å². The van der Waals surface area contributed by atoms with Crippen LogP contribution in [0.15, 0.2) is 24.4 Å². The van der Waals surface area contributed by atoms with Crippen LogP contribution in [0.1, 0.15) is 11.7 Å². The first-order chi connectivity index (χ1) is 9.45. The molecule has 2 rings (SSSR count). The molecule has 0 saturated carbocycles. The molecule has 1 aromatic carbocycles. The SMILES string of the molecule is COC(=O)C(O)C(O)c1c[nH]c2ccc([N+](=O)[O-])cc12. The van der Waals surface area contributed by atoms with Gasteiger partial charge in [0.25, 0.3) is 5.69 Å². The molecule has 0 amide bonds. The molecule has 2 unspecified atom stereocenters. The van der Waals surface area contributed by atoms with E-state index in [1.807, 2.05) is 0 Å². The van der Waals surface area contributed by atoms with Crippen LogP contribution in [0.25, 0.3) is 10.9 Å². The Morgan fingerprint density at radius 2 is 2.15 bits per heavy atom. The van der Waals surface area contributed by atoms with E-state index in [0.717, 1.165) is 7.11 Å². The standard InChI is InChI=1S/C12H12N2O6/c1-20-12(17)11(16)10(15)8-5-13-9-3-2-6(14(18)19)4-7(8)9/h2-5,10-11,13,15-16H,1H3. The van der Waals surface area contributed by atoms with Gasteiger partial charge in [0.1, 0.15) is 6.10 Å². The number of nitro benzene ring substituents is 1. The maximum absolute atomic E-state index is 11.2. The van der Waals surface area contributed by atoms with Crippen molar-refractivity contribution in [2.45, 2.75) is 12.2 Å². The van der Waals surface area contributed by atoms with Gasteiger partial charge in [0, 0.05) is 34.8 Å². The minimum absolute atomic E-state index is 0.155. The van der Waals surface area contributed by atoms with E-state index < -0.39 is 23.1 Å². The quantitative estimate of drug-likeness (QED) is 0.428. The Labute approximate surface area is 112 Å². The van der Waals surface area contributed by atoms with Crippen molar-refractivity contribution >= 4 is 22.6 Å². The number of aliphatic hydroxyl groups excluding tert-OH is 2. The summed E-state index contributed by atoms with van der Waals surface area (Å²) in [6.45, 7) is 0. The molecule has 1 aromatic heterocycles. The summed E-state index contributed by atoms with van der Waals surface area (Å²) in [5.41, 5.74) is 0.571. The molecule has 2 aromatic rings. The molecule has 0 radical (unpaired) electrons. The highest BCUT2D eigenvalue weighted by Gasteiger charge is 2.28. The summed E-state index contributed by atoms with van der Waals surface area (Å²) in [5, 5.41) is 30.7. The van der Waals surface area contributed by atoms with Crippen molar-refractivity contribution in [2.75, 3.05) is 7.11 Å². The van der Waals surface area contributed by atoms with Crippen molar-refractivity contribution < 1.29 is 24.7 Å². The topological polar surface area (TPSA) is 126 Å². The molecule has 2 atom stereocenters. The van der Waals surface area contributed by atoms with Gasteiger partial charge in [-0.05, 0) is 6.07 Å². The summed E-state index contributed by atoms with van der Waals surface area (Å²) in [6.07, 6.45) is -1.93. The highest BCUT2D eigenvalue weighted by atomic mass is 16.6. The highest BCUT2D eigenvalue weighted by molar-refractivity contribution is 5.87. The lowest BCUT2D eigenvalue weighted by atomic mass is 10.0. The number of methoxy groups -OCH3 is 1. The Morgan fingerprint density at radius 3 is 2.75 bits per heavy atom. The lowest BCUT2D eigenvalue weighted by Crippen LogP contribution is -2.28. The Balaban J connectivity index is 2.46. The smallest absolute Gasteiger partial charge is 0.337 e. The van der Waals surface area contributed by atoms with Gasteiger partial charge in [-0.3, -0.25) is 10.1 Å². The molecule has 0 fully saturated rings. The fourth-order valence-electron chi connectivity index (χ4n) is 1.91. The Kier molecular flexibility index (Phi) is 3.68. The van der Waals surface area contributed by atoms with Crippen molar-refractivity contribution in [1.82, 2.24) is 4.98 Å². The van der Waals surface area contributed by atoms with Crippen LogP contribution in [0.5, 0.6) is 0 Å². The fraction of sp³-hybridized carbons (Fsp3) is 0.250. The highest BCUT2D eigenvalue weighted by Crippen LogP contribution is 2.29. The number of esters is 1. The first-order valence-corrected chi connectivity index (χ1v) is 5.65. The van der Waals surface area contributed by atoms with E-state index in [1.165, 1.54) is 24.4 Å². The summed E-state index contributed by atoms with van der Waals surface area (Å²) in [5.74, 6) is -0.989. The van der Waals surface area contributed by atoms with Gasteiger partial charge in [0.2, 0.25) is 0 Å². The third kappa shape index (κ3) is 2.33. The number of carbonyl (C=O) groups is 1. The third-order valence-corrected chi connectivity index (χ3v) is 2.97. The molecular weight excluding hydrogens is 268 g/mol. The average Bonchev–Trinajstić information content (AvgIpc) is 2.87. The number of rotatable bonds is 4. The van der Waals surface area contributed by atoms with E-state index in [1.54, 1.807) is 0 Å². The summed E-state index contributed by atoms with van der Waals surface area (Å²) in [6, 6.07) is 4.05. The molecule has 8 heteroatoms. The van der Waals surface area contributed by atoms with E-state index in [-0.39, 0.29) is 11.3 Å². The first kappa shape index (κ1) is 14.0. The minimum atomic E-state index is -1.77. The number of nitro groups is 1. The van der Waals surface area contributed by atoms with Crippen molar-refractivity contribution in [3.05, 3.63) is 40.1 Å². The number of ether oxygens (including phenoxy) is 1. The predicted octanol–water partition coefficient (Wildman–Crippen LogP) is 0.643. The van der Waals surface area contributed by atoms with E-state index in [4.69, 9.17) is 0 Å². The maximum atomic E-state index is 11.2. The number of carbonyl (C=O) groups excluding carboxylic acids is 1. The predicted molar refractivity (Wildman–Crippen MR) is 67.9 cm³/mol. The molecule has 0 saturated heterocycles. The Hall–Kier alpha value is -2.45. The monoisotopic (exact) mass is 280 g/mol. The van der Waals surface area contributed by atoms with Crippen LogP contribution in [0.3, 0.4) is 0 Å². The van der Waals surface area contributed by atoms with Crippen LogP contribution in [0.4, 0.5) is 5.69 Å². The van der Waals surface area contributed by atoms with Gasteiger partial charge < -0.3 is 19.9 Å². The molecule has 0 bridgehead atoms. The van der Waals surface area contributed by atoms with E-state index in [0.29, 0.717) is 10.9 Å². The van der Waals surface area contributed by atoms with Gasteiger partial charge in [0.05, 0.1) is 12.0 Å². The van der Waals surface area contributed by atoms with Crippen LogP contribution >= 0.6 is 0 Å². The zero-order valence-corrected chi connectivity index (χ0v) is 10.4. The lowest BCUT2D eigenvalue weighted by Gasteiger charge is -2.14. The van der Waals surface area contributed by atoms with Crippen LogP contribution in [0, 0.1) is 10.1 Å². The van der Waals surface area contributed by atoms with Crippen molar-refractivity contribution in [1.29, 1.82) is 0 Å². The van der Waals surface area contributed by atoms with Gasteiger partial charge in [0.15, 0.2) is 6.10 Å². The Bertz CT molecular complexity index is 665. The molecule has 0 aliphatic heterocycles. The van der Waals surface area contributed by atoms with Crippen LogP contribution in [-0.4, -0.2) is 39.3 Å². The summed E-state index contributed by atoms with van der Waals surface area (Å²) in [7, 11) is 1.08. The number of hydrogen-bond donors (Lipinski definition) is 3. The van der Waals surface area contributed by atoms with Crippen molar-refractivity contribution in [3.8, 4) is 0 Å². The van der Waals surface area contributed by atoms with Gasteiger partial charge >= 0.3 is 5.97 Å². The average molecular weight is 280 g/mol. The molecule has 0 aliphatic carbocycles. The molecule has 106 valence electrons. The number of nitrogens with zero attached hydrogens (tertiary/aromatic N) is 1. The molecule has 3 N–H and O–H groups in total. The molecule has 0 aliphatic rings. The number of hydrogen-bond acceptors (Lipinski definition) is 6.